The number of aromatic amines is 2. The minimum atomic E-state index is -1.09. The first-order chi connectivity index (χ1) is 15.5. The second-order valence-corrected chi connectivity index (χ2v) is 9.58. The van der Waals surface area contributed by atoms with Crippen LogP contribution in [0.5, 0.6) is 0 Å². The molecule has 0 spiro atoms. The molecule has 0 bridgehead atoms. The molecule has 3 aliphatic heterocycles. The summed E-state index contributed by atoms with van der Waals surface area (Å²) in [6.45, 7) is 7.99. The van der Waals surface area contributed by atoms with Crippen LogP contribution >= 0.6 is 0 Å². The summed E-state index contributed by atoms with van der Waals surface area (Å²) in [4.78, 5) is 26.7. The van der Waals surface area contributed by atoms with Gasteiger partial charge in [-0.3, -0.25) is 9.78 Å². The van der Waals surface area contributed by atoms with Crippen molar-refractivity contribution >= 4 is 33.8 Å². The summed E-state index contributed by atoms with van der Waals surface area (Å²) < 4.78 is 30.8. The molecule has 176 valence electrons. The third kappa shape index (κ3) is 3.37. The van der Waals surface area contributed by atoms with Crippen molar-refractivity contribution in [2.45, 2.75) is 63.4 Å². The highest BCUT2D eigenvalue weighted by atomic mass is 16.9. The number of benzene rings is 1. The van der Waals surface area contributed by atoms with E-state index < -0.39 is 23.5 Å². The third-order valence-electron chi connectivity index (χ3n) is 6.10. The van der Waals surface area contributed by atoms with Gasteiger partial charge in [-0.05, 0) is 39.8 Å². The fraction of sp³-hybridized carbons (Fsp3) is 0.571. The SMILES string of the molecule is CC1(C)O[C@@H]2[C@@H](CO[C@@]3(CNc4nc5cc6nc(N)[nH]c(=O)c6cc5[nH]4)OC(C)(C)O[C@@H]23)O1. The molecule has 4 atom stereocenters. The maximum Gasteiger partial charge on any atom is 0.260 e. The van der Waals surface area contributed by atoms with Crippen LogP contribution in [0, 0.1) is 0 Å². The Morgan fingerprint density at radius 3 is 2.73 bits per heavy atom. The van der Waals surface area contributed by atoms with Gasteiger partial charge in [0, 0.05) is 0 Å². The number of hydrogen-bond donors (Lipinski definition) is 4. The molecule has 0 amide bonds. The van der Waals surface area contributed by atoms with Crippen LogP contribution < -0.4 is 16.6 Å². The third-order valence-corrected chi connectivity index (χ3v) is 6.10. The lowest BCUT2D eigenvalue weighted by molar-refractivity contribution is -0.273. The maximum absolute atomic E-state index is 12.2. The summed E-state index contributed by atoms with van der Waals surface area (Å²) in [6.07, 6.45) is -1.08. The van der Waals surface area contributed by atoms with Gasteiger partial charge >= 0.3 is 0 Å². The van der Waals surface area contributed by atoms with E-state index in [2.05, 4.69) is 25.3 Å². The molecule has 0 aliphatic carbocycles. The van der Waals surface area contributed by atoms with Crippen LogP contribution in [0.4, 0.5) is 11.9 Å². The first-order valence-corrected chi connectivity index (χ1v) is 10.8. The average molecular weight is 458 g/mol. The molecule has 12 heteroatoms. The van der Waals surface area contributed by atoms with E-state index in [1.165, 1.54) is 0 Å². The molecule has 3 aliphatic rings. The highest BCUT2D eigenvalue weighted by Crippen LogP contribution is 2.47. The van der Waals surface area contributed by atoms with E-state index in [4.69, 9.17) is 29.4 Å². The molecular formula is C21H26N6O6. The number of nitrogens with two attached hydrogens (primary N) is 1. The summed E-state index contributed by atoms with van der Waals surface area (Å²) in [5.41, 5.74) is 7.14. The second kappa shape index (κ2) is 6.64. The largest absolute Gasteiger partial charge is 0.369 e. The summed E-state index contributed by atoms with van der Waals surface area (Å²) >= 11 is 0. The van der Waals surface area contributed by atoms with Crippen LogP contribution in [0.3, 0.4) is 0 Å². The molecule has 6 rings (SSSR count). The summed E-state index contributed by atoms with van der Waals surface area (Å²) in [6, 6.07) is 3.41. The van der Waals surface area contributed by atoms with Crippen LogP contribution in [-0.2, 0) is 23.7 Å². The molecule has 0 radical (unpaired) electrons. The van der Waals surface area contributed by atoms with Gasteiger partial charge in [0.25, 0.3) is 5.56 Å². The number of H-pyrrole nitrogens is 2. The molecule has 3 saturated heterocycles. The van der Waals surface area contributed by atoms with Crippen molar-refractivity contribution < 1.29 is 23.7 Å². The number of aromatic nitrogens is 4. The predicted molar refractivity (Wildman–Crippen MR) is 117 cm³/mol. The molecule has 33 heavy (non-hydrogen) atoms. The van der Waals surface area contributed by atoms with Gasteiger partial charge in [0.2, 0.25) is 17.7 Å². The van der Waals surface area contributed by atoms with Crippen LogP contribution in [0.1, 0.15) is 27.7 Å². The van der Waals surface area contributed by atoms with E-state index in [1.54, 1.807) is 12.1 Å². The summed E-state index contributed by atoms with van der Waals surface area (Å²) in [7, 11) is 0. The number of fused-ring (bicyclic) bond motifs is 5. The number of imidazole rings is 1. The van der Waals surface area contributed by atoms with Crippen molar-refractivity contribution in [3.05, 3.63) is 22.5 Å². The minimum Gasteiger partial charge on any atom is -0.369 e. The number of nitrogens with one attached hydrogen (secondary N) is 3. The van der Waals surface area contributed by atoms with Crippen LogP contribution in [0.25, 0.3) is 21.9 Å². The van der Waals surface area contributed by atoms with Crippen LogP contribution in [0.15, 0.2) is 16.9 Å². The van der Waals surface area contributed by atoms with E-state index in [0.29, 0.717) is 34.5 Å². The van der Waals surface area contributed by atoms with Crippen molar-refractivity contribution in [1.82, 2.24) is 19.9 Å². The molecule has 5 heterocycles. The molecule has 12 nitrogen and oxygen atoms in total. The Labute approximate surface area is 188 Å². The van der Waals surface area contributed by atoms with Gasteiger partial charge in [-0.2, -0.15) is 0 Å². The Hall–Kier alpha value is -2.77. The predicted octanol–water partition coefficient (Wildman–Crippen LogP) is 1.19. The molecule has 3 fully saturated rings. The highest BCUT2D eigenvalue weighted by molar-refractivity contribution is 5.93. The van der Waals surface area contributed by atoms with Crippen molar-refractivity contribution in [2.75, 3.05) is 24.2 Å². The summed E-state index contributed by atoms with van der Waals surface area (Å²) in [5.74, 6) is -2.14. The van der Waals surface area contributed by atoms with E-state index in [-0.39, 0.29) is 30.3 Å². The Morgan fingerprint density at radius 2 is 1.91 bits per heavy atom. The highest BCUT2D eigenvalue weighted by Gasteiger charge is 2.65. The Bertz CT molecular complexity index is 1320. The maximum atomic E-state index is 12.2. The normalized spacial score (nSPS) is 32.2. The molecule has 0 saturated carbocycles. The fourth-order valence-electron chi connectivity index (χ4n) is 4.93. The van der Waals surface area contributed by atoms with Crippen molar-refractivity contribution in [2.24, 2.45) is 0 Å². The van der Waals surface area contributed by atoms with Crippen LogP contribution in [-0.4, -0.2) is 68.8 Å². The average Bonchev–Trinajstić information content (AvgIpc) is 3.33. The molecule has 0 unspecified atom stereocenters. The van der Waals surface area contributed by atoms with Crippen molar-refractivity contribution in [1.29, 1.82) is 0 Å². The molecule has 2 aromatic heterocycles. The minimum absolute atomic E-state index is 0.0564. The lowest BCUT2D eigenvalue weighted by Gasteiger charge is -2.40. The van der Waals surface area contributed by atoms with Gasteiger partial charge in [0.1, 0.15) is 18.3 Å². The topological polar surface area (TPSA) is 159 Å². The van der Waals surface area contributed by atoms with E-state index in [0.717, 1.165) is 0 Å². The number of nitrogen functional groups attached to an aromatic ring is 1. The molecule has 3 aromatic rings. The van der Waals surface area contributed by atoms with Gasteiger partial charge in [0.15, 0.2) is 11.6 Å². The van der Waals surface area contributed by atoms with Gasteiger partial charge in [-0.1, -0.05) is 0 Å². The van der Waals surface area contributed by atoms with Gasteiger partial charge in [-0.25, -0.2) is 9.97 Å². The van der Waals surface area contributed by atoms with Gasteiger partial charge in [0.05, 0.1) is 35.1 Å². The number of nitrogens with zero attached hydrogens (tertiary/aromatic N) is 2. The smallest absolute Gasteiger partial charge is 0.260 e. The zero-order valence-corrected chi connectivity index (χ0v) is 18.7. The van der Waals surface area contributed by atoms with Crippen molar-refractivity contribution in [3.8, 4) is 0 Å². The van der Waals surface area contributed by atoms with E-state index >= 15 is 0 Å². The fourth-order valence-corrected chi connectivity index (χ4v) is 4.93. The number of rotatable bonds is 3. The second-order valence-electron chi connectivity index (χ2n) is 9.58. The molecule has 1 aromatic carbocycles. The number of ether oxygens (including phenoxy) is 5. The Kier molecular flexibility index (Phi) is 4.19. The quantitative estimate of drug-likeness (QED) is 0.449. The summed E-state index contributed by atoms with van der Waals surface area (Å²) in [5, 5.41) is 3.68. The van der Waals surface area contributed by atoms with E-state index in [1.807, 2.05) is 27.7 Å². The van der Waals surface area contributed by atoms with Crippen LogP contribution in [0.2, 0.25) is 0 Å². The molecule has 5 N–H and O–H groups in total. The monoisotopic (exact) mass is 458 g/mol. The standard InChI is InChI=1S/C21H26N6O6/c1-19(2)30-13-7-29-21(15(14(13)31-19)32-20(3,4)33-21)8-23-18-25-11-5-9-10(6-12(11)26-18)24-17(22)27-16(9)28/h5-6,13-15H,7-8H2,1-4H3,(H2,23,25,26)(H3,22,24,27,28)/t13-,14-,15+,21+/m1/s1. The number of hydrogen-bond acceptors (Lipinski definition) is 10. The zero-order valence-electron chi connectivity index (χ0n) is 18.7. The molecular weight excluding hydrogens is 432 g/mol. The van der Waals surface area contributed by atoms with Crippen molar-refractivity contribution in [3.63, 3.8) is 0 Å². The zero-order chi connectivity index (χ0) is 23.2. The lowest BCUT2D eigenvalue weighted by Crippen LogP contribution is -2.61. The van der Waals surface area contributed by atoms with E-state index in [9.17, 15) is 4.79 Å². The first-order valence-electron chi connectivity index (χ1n) is 10.8. The Morgan fingerprint density at radius 1 is 1.09 bits per heavy atom. The Balaban J connectivity index is 1.29. The first kappa shape index (κ1) is 20.8. The lowest BCUT2D eigenvalue weighted by atomic mass is 9.97. The van der Waals surface area contributed by atoms with Gasteiger partial charge < -0.3 is 39.7 Å². The van der Waals surface area contributed by atoms with Gasteiger partial charge in [-0.15, -0.1) is 0 Å². The number of anilines is 2.